The molecule has 9 heteroatoms. The quantitative estimate of drug-likeness (QED) is 0.667. The Balaban J connectivity index is 1.43. The summed E-state index contributed by atoms with van der Waals surface area (Å²) in [5.74, 6) is 2.10. The maximum Gasteiger partial charge on any atom is 0.416 e. The van der Waals surface area contributed by atoms with E-state index in [9.17, 15) is 13.2 Å². The van der Waals surface area contributed by atoms with Crippen LogP contribution in [0.3, 0.4) is 0 Å². The van der Waals surface area contributed by atoms with Crippen LogP contribution in [0.25, 0.3) is 0 Å². The van der Waals surface area contributed by atoms with E-state index in [-0.39, 0.29) is 12.5 Å². The Morgan fingerprint density at radius 2 is 1.86 bits per heavy atom. The highest BCUT2D eigenvalue weighted by molar-refractivity contribution is 5.58. The van der Waals surface area contributed by atoms with E-state index < -0.39 is 11.7 Å². The fourth-order valence-corrected chi connectivity index (χ4v) is 2.67. The summed E-state index contributed by atoms with van der Waals surface area (Å²) in [5.41, 5.74) is 0.507. The van der Waals surface area contributed by atoms with E-state index >= 15 is 0 Å². The summed E-state index contributed by atoms with van der Waals surface area (Å²) < 4.78 is 49.1. The first-order valence-corrected chi connectivity index (χ1v) is 8.37. The lowest BCUT2D eigenvalue weighted by molar-refractivity contribution is -0.137. The van der Waals surface area contributed by atoms with Crippen LogP contribution in [0.1, 0.15) is 11.1 Å². The van der Waals surface area contributed by atoms with Gasteiger partial charge in [-0.05, 0) is 42.0 Å². The second kappa shape index (κ2) is 7.26. The third-order valence-corrected chi connectivity index (χ3v) is 4.01. The number of benzene rings is 2. The normalized spacial score (nSPS) is 12.7. The number of alkyl halides is 3. The molecule has 0 bridgehead atoms. The first kappa shape index (κ1) is 17.9. The van der Waals surface area contributed by atoms with Gasteiger partial charge in [0.1, 0.15) is 5.82 Å². The van der Waals surface area contributed by atoms with Gasteiger partial charge < -0.3 is 20.1 Å². The highest BCUT2D eigenvalue weighted by atomic mass is 19.4. The van der Waals surface area contributed by atoms with E-state index in [1.165, 1.54) is 18.3 Å². The lowest BCUT2D eigenvalue weighted by Gasteiger charge is -2.11. The molecule has 144 valence electrons. The van der Waals surface area contributed by atoms with Crippen molar-refractivity contribution in [3.05, 3.63) is 65.9 Å². The number of ether oxygens (including phenoxy) is 2. The lowest BCUT2D eigenvalue weighted by atomic mass is 10.2. The number of anilines is 3. The largest absolute Gasteiger partial charge is 0.454 e. The van der Waals surface area contributed by atoms with Gasteiger partial charge in [-0.25, -0.2) is 4.98 Å². The number of hydrogen-bond acceptors (Lipinski definition) is 6. The van der Waals surface area contributed by atoms with Crippen LogP contribution in [0.15, 0.2) is 54.7 Å². The topological polar surface area (TPSA) is 68.3 Å². The van der Waals surface area contributed by atoms with E-state index in [1.54, 1.807) is 6.07 Å². The van der Waals surface area contributed by atoms with E-state index in [0.29, 0.717) is 29.8 Å². The van der Waals surface area contributed by atoms with Crippen LogP contribution < -0.4 is 20.1 Å². The molecule has 1 aromatic heterocycles. The van der Waals surface area contributed by atoms with Gasteiger partial charge in [0.25, 0.3) is 0 Å². The molecule has 0 saturated heterocycles. The molecule has 0 unspecified atom stereocenters. The second-order valence-electron chi connectivity index (χ2n) is 6.01. The molecule has 2 heterocycles. The number of aromatic nitrogens is 2. The molecule has 4 rings (SSSR count). The van der Waals surface area contributed by atoms with Gasteiger partial charge in [-0.2, -0.15) is 18.2 Å². The number of fused-ring (bicyclic) bond motifs is 1. The second-order valence-corrected chi connectivity index (χ2v) is 6.01. The molecule has 1 aliphatic heterocycles. The predicted molar refractivity (Wildman–Crippen MR) is 96.7 cm³/mol. The van der Waals surface area contributed by atoms with Crippen LogP contribution in [-0.4, -0.2) is 16.8 Å². The average Bonchev–Trinajstić information content (AvgIpc) is 3.14. The highest BCUT2D eigenvalue weighted by Crippen LogP contribution is 2.33. The standard InChI is InChI=1S/C19H15F3N4O2/c20-19(21,22)13-2-1-3-14(9-13)25-17-6-7-23-18(26-17)24-10-12-4-5-15-16(8-12)28-11-27-15/h1-9H,10-11H2,(H2,23,24,25,26). The van der Waals surface area contributed by atoms with Crippen molar-refractivity contribution in [1.29, 1.82) is 0 Å². The van der Waals surface area contributed by atoms with Gasteiger partial charge in [-0.1, -0.05) is 12.1 Å². The molecule has 1 aliphatic rings. The highest BCUT2D eigenvalue weighted by Gasteiger charge is 2.30. The molecule has 3 aromatic rings. The Kier molecular flexibility index (Phi) is 4.64. The molecule has 0 radical (unpaired) electrons. The summed E-state index contributed by atoms with van der Waals surface area (Å²) in [4.78, 5) is 8.40. The average molecular weight is 388 g/mol. The van der Waals surface area contributed by atoms with E-state index in [0.717, 1.165) is 17.7 Å². The molecule has 0 saturated carbocycles. The monoisotopic (exact) mass is 388 g/mol. The molecule has 2 aromatic carbocycles. The molecule has 0 aliphatic carbocycles. The zero-order valence-corrected chi connectivity index (χ0v) is 14.5. The van der Waals surface area contributed by atoms with Crippen LogP contribution in [0.4, 0.5) is 30.6 Å². The molecule has 6 nitrogen and oxygen atoms in total. The van der Waals surface area contributed by atoms with Gasteiger partial charge in [0.15, 0.2) is 11.5 Å². The van der Waals surface area contributed by atoms with Crippen molar-refractivity contribution in [2.45, 2.75) is 12.7 Å². The zero-order chi connectivity index (χ0) is 19.6. The minimum absolute atomic E-state index is 0.207. The Hall–Kier alpha value is -3.49. The van der Waals surface area contributed by atoms with Crippen LogP contribution in [0.5, 0.6) is 11.5 Å². The van der Waals surface area contributed by atoms with Crippen molar-refractivity contribution >= 4 is 17.5 Å². The molecular weight excluding hydrogens is 373 g/mol. The summed E-state index contributed by atoms with van der Waals surface area (Å²) in [5, 5.41) is 5.94. The molecule has 0 amide bonds. The summed E-state index contributed by atoms with van der Waals surface area (Å²) in [7, 11) is 0. The number of halogens is 3. The van der Waals surface area contributed by atoms with Crippen molar-refractivity contribution in [2.24, 2.45) is 0 Å². The third-order valence-electron chi connectivity index (χ3n) is 4.01. The fraction of sp³-hybridized carbons (Fsp3) is 0.158. The van der Waals surface area contributed by atoms with Crippen molar-refractivity contribution in [2.75, 3.05) is 17.4 Å². The van der Waals surface area contributed by atoms with E-state index in [4.69, 9.17) is 9.47 Å². The van der Waals surface area contributed by atoms with Crippen molar-refractivity contribution in [3.63, 3.8) is 0 Å². The Morgan fingerprint density at radius 1 is 1.00 bits per heavy atom. The molecule has 28 heavy (non-hydrogen) atoms. The number of rotatable bonds is 5. The van der Waals surface area contributed by atoms with E-state index in [2.05, 4.69) is 20.6 Å². The van der Waals surface area contributed by atoms with Crippen molar-refractivity contribution < 1.29 is 22.6 Å². The summed E-state index contributed by atoms with van der Waals surface area (Å²) in [6.45, 7) is 0.655. The molecule has 0 spiro atoms. The predicted octanol–water partition coefficient (Wildman–Crippen LogP) is 4.58. The maximum atomic E-state index is 12.8. The van der Waals surface area contributed by atoms with E-state index in [1.807, 2.05) is 18.2 Å². The minimum atomic E-state index is -4.40. The lowest BCUT2D eigenvalue weighted by Crippen LogP contribution is -2.06. The van der Waals surface area contributed by atoms with Crippen LogP contribution in [-0.2, 0) is 12.7 Å². The van der Waals surface area contributed by atoms with Gasteiger partial charge in [0.2, 0.25) is 12.7 Å². The maximum absolute atomic E-state index is 12.8. The first-order chi connectivity index (χ1) is 13.5. The molecule has 0 fully saturated rings. The number of nitrogens with one attached hydrogen (secondary N) is 2. The zero-order valence-electron chi connectivity index (χ0n) is 14.5. The fourth-order valence-electron chi connectivity index (χ4n) is 2.67. The number of nitrogens with zero attached hydrogens (tertiary/aromatic N) is 2. The molecular formula is C19H15F3N4O2. The van der Waals surface area contributed by atoms with Gasteiger partial charge in [-0.3, -0.25) is 0 Å². The smallest absolute Gasteiger partial charge is 0.416 e. The summed E-state index contributed by atoms with van der Waals surface area (Å²) in [6, 6.07) is 12.1. The van der Waals surface area contributed by atoms with Crippen LogP contribution >= 0.6 is 0 Å². The third kappa shape index (κ3) is 4.08. The van der Waals surface area contributed by atoms with Crippen LogP contribution in [0, 0.1) is 0 Å². The Morgan fingerprint density at radius 3 is 2.71 bits per heavy atom. The number of hydrogen-bond donors (Lipinski definition) is 2. The Bertz CT molecular complexity index is 995. The van der Waals surface area contributed by atoms with Gasteiger partial charge in [0.05, 0.1) is 5.56 Å². The minimum Gasteiger partial charge on any atom is -0.454 e. The van der Waals surface area contributed by atoms with Crippen LogP contribution in [0.2, 0.25) is 0 Å². The molecule has 0 atom stereocenters. The van der Waals surface area contributed by atoms with Gasteiger partial charge in [-0.15, -0.1) is 0 Å². The summed E-state index contributed by atoms with van der Waals surface area (Å²) >= 11 is 0. The SMILES string of the molecule is FC(F)(F)c1cccc(Nc2ccnc(NCc3ccc4c(c3)OCO4)n2)c1. The van der Waals surface area contributed by atoms with Crippen molar-refractivity contribution in [1.82, 2.24) is 9.97 Å². The van der Waals surface area contributed by atoms with Crippen molar-refractivity contribution in [3.8, 4) is 11.5 Å². The first-order valence-electron chi connectivity index (χ1n) is 8.37. The summed E-state index contributed by atoms with van der Waals surface area (Å²) in [6.07, 6.45) is -2.88. The van der Waals surface area contributed by atoms with Gasteiger partial charge in [0, 0.05) is 18.4 Å². The van der Waals surface area contributed by atoms with Gasteiger partial charge >= 0.3 is 6.18 Å². The molecule has 2 N–H and O–H groups in total. The Labute approximate surface area is 158 Å².